The van der Waals surface area contributed by atoms with Gasteiger partial charge in [0.2, 0.25) is 0 Å². The van der Waals surface area contributed by atoms with Crippen LogP contribution in [-0.4, -0.2) is 21.7 Å². The number of nitrogens with zero attached hydrogens (tertiary/aromatic N) is 1. The van der Waals surface area contributed by atoms with Gasteiger partial charge in [0.15, 0.2) is 5.78 Å². The average Bonchev–Trinajstić information content (AvgIpc) is 2.61. The maximum Gasteiger partial charge on any atom is 0.261 e. The van der Waals surface area contributed by atoms with Gasteiger partial charge in [-0.25, -0.2) is 0 Å². The second-order valence-corrected chi connectivity index (χ2v) is 6.67. The largest absolute Gasteiger partial charge is 0.325 e. The number of amides is 1. The minimum atomic E-state index is -0.545. The molecule has 26 heavy (non-hydrogen) atoms. The Morgan fingerprint density at radius 1 is 1.19 bits per heavy atom. The number of fused-ring (bicyclic) bond motifs is 2. The summed E-state index contributed by atoms with van der Waals surface area (Å²) in [5, 5.41) is 3.54. The standard InChI is InChI=1S/C20H17N3O3/c1-11-8-17-13(18(24)9-11)10-14(20(26)23-17)19(25)22-16-6-2-5-15-12(16)4-3-7-21-15/h2-7,10-11H,8-9H2,1H3,(H,22,25)(H,23,26). The molecule has 1 aromatic carbocycles. The third kappa shape index (κ3) is 2.79. The van der Waals surface area contributed by atoms with E-state index in [9.17, 15) is 14.4 Å². The highest BCUT2D eigenvalue weighted by Gasteiger charge is 2.25. The molecular formula is C20H17N3O3. The van der Waals surface area contributed by atoms with E-state index in [1.165, 1.54) is 6.07 Å². The van der Waals surface area contributed by atoms with Gasteiger partial charge in [-0.1, -0.05) is 13.0 Å². The Kier molecular flexibility index (Phi) is 3.88. The molecule has 0 saturated heterocycles. The highest BCUT2D eigenvalue weighted by atomic mass is 16.2. The molecule has 1 aliphatic carbocycles. The molecule has 130 valence electrons. The predicted molar refractivity (Wildman–Crippen MR) is 98.6 cm³/mol. The summed E-state index contributed by atoms with van der Waals surface area (Å²) in [4.78, 5) is 44.2. The number of hydrogen-bond acceptors (Lipinski definition) is 4. The van der Waals surface area contributed by atoms with Gasteiger partial charge in [0, 0.05) is 29.3 Å². The smallest absolute Gasteiger partial charge is 0.261 e. The summed E-state index contributed by atoms with van der Waals surface area (Å²) < 4.78 is 0. The van der Waals surface area contributed by atoms with Crippen LogP contribution in [0.5, 0.6) is 0 Å². The molecule has 2 N–H and O–H groups in total. The van der Waals surface area contributed by atoms with Gasteiger partial charge in [-0.05, 0) is 42.7 Å². The Balaban J connectivity index is 1.72. The maximum atomic E-state index is 12.7. The molecule has 0 aliphatic heterocycles. The molecule has 1 aliphatic rings. The lowest BCUT2D eigenvalue weighted by molar-refractivity contribution is 0.0952. The Morgan fingerprint density at radius 3 is 2.88 bits per heavy atom. The lowest BCUT2D eigenvalue weighted by Gasteiger charge is -2.20. The monoisotopic (exact) mass is 347 g/mol. The van der Waals surface area contributed by atoms with Gasteiger partial charge >= 0.3 is 0 Å². The molecule has 0 bridgehead atoms. The van der Waals surface area contributed by atoms with Gasteiger partial charge < -0.3 is 10.3 Å². The predicted octanol–water partition coefficient (Wildman–Crippen LogP) is 2.94. The quantitative estimate of drug-likeness (QED) is 0.745. The van der Waals surface area contributed by atoms with Crippen molar-refractivity contribution in [1.82, 2.24) is 9.97 Å². The Labute approximate surface area is 149 Å². The molecule has 1 unspecified atom stereocenters. The van der Waals surface area contributed by atoms with Crippen LogP contribution in [-0.2, 0) is 6.42 Å². The first-order chi connectivity index (χ1) is 12.5. The number of H-pyrrole nitrogens is 1. The number of nitrogens with one attached hydrogen (secondary N) is 2. The fraction of sp³-hybridized carbons (Fsp3) is 0.200. The van der Waals surface area contributed by atoms with E-state index in [0.29, 0.717) is 29.8 Å². The summed E-state index contributed by atoms with van der Waals surface area (Å²) in [6.07, 6.45) is 2.73. The van der Waals surface area contributed by atoms with Gasteiger partial charge in [0.1, 0.15) is 5.56 Å². The molecule has 0 fully saturated rings. The van der Waals surface area contributed by atoms with Crippen molar-refractivity contribution in [1.29, 1.82) is 0 Å². The molecule has 1 atom stereocenters. The maximum absolute atomic E-state index is 12.7. The summed E-state index contributed by atoms with van der Waals surface area (Å²) in [6.45, 7) is 1.97. The number of hydrogen-bond donors (Lipinski definition) is 2. The van der Waals surface area contributed by atoms with Crippen LogP contribution in [0.3, 0.4) is 0 Å². The SMILES string of the molecule is CC1CC(=O)c2cc(C(=O)Nc3cccc4ncccc34)c(=O)[nH]c2C1. The van der Waals surface area contributed by atoms with Crippen molar-refractivity contribution in [2.45, 2.75) is 19.8 Å². The van der Waals surface area contributed by atoms with Gasteiger partial charge in [0.25, 0.3) is 11.5 Å². The van der Waals surface area contributed by atoms with Crippen molar-refractivity contribution in [2.75, 3.05) is 5.32 Å². The number of carbonyl (C=O) groups is 2. The van der Waals surface area contributed by atoms with E-state index in [2.05, 4.69) is 15.3 Å². The third-order valence-corrected chi connectivity index (χ3v) is 4.65. The van der Waals surface area contributed by atoms with E-state index in [-0.39, 0.29) is 17.3 Å². The van der Waals surface area contributed by atoms with Gasteiger partial charge in [-0.3, -0.25) is 19.4 Å². The lowest BCUT2D eigenvalue weighted by Crippen LogP contribution is -2.29. The topological polar surface area (TPSA) is 91.9 Å². The van der Waals surface area contributed by atoms with Crippen LogP contribution in [0.25, 0.3) is 10.9 Å². The summed E-state index contributed by atoms with van der Waals surface area (Å²) in [6, 6.07) is 10.4. The average molecular weight is 347 g/mol. The van der Waals surface area contributed by atoms with Crippen molar-refractivity contribution in [3.8, 4) is 0 Å². The Bertz CT molecular complexity index is 1100. The van der Waals surface area contributed by atoms with Crippen LogP contribution in [0.15, 0.2) is 47.4 Å². The third-order valence-electron chi connectivity index (χ3n) is 4.65. The van der Waals surface area contributed by atoms with Crippen LogP contribution >= 0.6 is 0 Å². The molecule has 2 heterocycles. The van der Waals surface area contributed by atoms with Crippen LogP contribution in [0.1, 0.15) is 39.8 Å². The highest BCUT2D eigenvalue weighted by molar-refractivity contribution is 6.09. The van der Waals surface area contributed by atoms with Gasteiger partial charge in [-0.15, -0.1) is 0 Å². The van der Waals surface area contributed by atoms with Crippen molar-refractivity contribution in [3.63, 3.8) is 0 Å². The van der Waals surface area contributed by atoms with Gasteiger partial charge in [0.05, 0.1) is 11.2 Å². The zero-order chi connectivity index (χ0) is 18.3. The first-order valence-electron chi connectivity index (χ1n) is 8.47. The molecule has 0 spiro atoms. The summed E-state index contributed by atoms with van der Waals surface area (Å²) in [5.74, 6) is -0.399. The number of anilines is 1. The molecule has 0 saturated carbocycles. The number of Topliss-reactive ketones (excluding diaryl/α,β-unsaturated/α-hetero) is 1. The van der Waals surface area contributed by atoms with Crippen molar-refractivity contribution in [2.24, 2.45) is 5.92 Å². The van der Waals surface area contributed by atoms with Crippen LogP contribution in [0, 0.1) is 5.92 Å². The summed E-state index contributed by atoms with van der Waals surface area (Å²) in [7, 11) is 0. The van der Waals surface area contributed by atoms with Crippen LogP contribution in [0.4, 0.5) is 5.69 Å². The molecule has 2 aromatic heterocycles. The minimum Gasteiger partial charge on any atom is -0.325 e. The van der Waals surface area contributed by atoms with Gasteiger partial charge in [-0.2, -0.15) is 0 Å². The Morgan fingerprint density at radius 2 is 2.04 bits per heavy atom. The number of ketones is 1. The molecule has 3 aromatic rings. The normalized spacial score (nSPS) is 16.3. The van der Waals surface area contributed by atoms with Crippen LogP contribution in [0.2, 0.25) is 0 Å². The van der Waals surface area contributed by atoms with Crippen LogP contribution < -0.4 is 10.9 Å². The zero-order valence-electron chi connectivity index (χ0n) is 14.2. The van der Waals surface area contributed by atoms with Crippen molar-refractivity contribution in [3.05, 3.63) is 69.8 Å². The van der Waals surface area contributed by atoms with Crippen molar-refractivity contribution < 1.29 is 9.59 Å². The van der Waals surface area contributed by atoms with Crippen molar-refractivity contribution >= 4 is 28.3 Å². The first kappa shape index (κ1) is 16.2. The highest BCUT2D eigenvalue weighted by Crippen LogP contribution is 2.24. The Hall–Kier alpha value is -3.28. The molecule has 1 amide bonds. The molecule has 0 radical (unpaired) electrons. The fourth-order valence-electron chi connectivity index (χ4n) is 3.40. The van der Waals surface area contributed by atoms with E-state index in [0.717, 1.165) is 10.9 Å². The number of pyridine rings is 2. The second kappa shape index (κ2) is 6.22. The molecule has 6 heteroatoms. The van der Waals surface area contributed by atoms with E-state index in [1.54, 1.807) is 24.4 Å². The zero-order valence-corrected chi connectivity index (χ0v) is 14.2. The summed E-state index contributed by atoms with van der Waals surface area (Å²) in [5.41, 5.74) is 1.82. The van der Waals surface area contributed by atoms with E-state index < -0.39 is 11.5 Å². The van der Waals surface area contributed by atoms with E-state index >= 15 is 0 Å². The summed E-state index contributed by atoms with van der Waals surface area (Å²) >= 11 is 0. The first-order valence-corrected chi connectivity index (χ1v) is 8.47. The number of aromatic nitrogens is 2. The number of aromatic amines is 1. The number of rotatable bonds is 2. The number of benzene rings is 1. The fourth-order valence-corrected chi connectivity index (χ4v) is 3.40. The van der Waals surface area contributed by atoms with E-state index in [1.807, 2.05) is 19.1 Å². The number of carbonyl (C=O) groups excluding carboxylic acids is 2. The molecule has 6 nitrogen and oxygen atoms in total. The minimum absolute atomic E-state index is 0.0431. The molecule has 4 rings (SSSR count). The van der Waals surface area contributed by atoms with E-state index in [4.69, 9.17) is 0 Å². The second-order valence-electron chi connectivity index (χ2n) is 6.67. The molecular weight excluding hydrogens is 330 g/mol. The lowest BCUT2D eigenvalue weighted by atomic mass is 9.86.